The Hall–Kier alpha value is -0.520. The van der Waals surface area contributed by atoms with Crippen LogP contribution in [0.4, 0.5) is 0 Å². The molecule has 0 unspecified atom stereocenters. The van der Waals surface area contributed by atoms with E-state index in [2.05, 4.69) is 34.6 Å². The molecule has 6 rings (SSSR count). The van der Waals surface area contributed by atoms with Gasteiger partial charge in [-0.25, -0.2) is 0 Å². The smallest absolute Gasteiger partial charge is 0.187 e. The Bertz CT molecular complexity index is 1160. The van der Waals surface area contributed by atoms with Crippen LogP contribution in [0.2, 0.25) is 0 Å². The topological polar surface area (TPSA) is 208 Å². The fourth-order valence-electron chi connectivity index (χ4n) is 12.1. The Labute approximate surface area is 302 Å². The van der Waals surface area contributed by atoms with Crippen LogP contribution in [0.15, 0.2) is 0 Å². The van der Waals surface area contributed by atoms with Gasteiger partial charge in [0, 0.05) is 13.0 Å². The third-order valence-corrected chi connectivity index (χ3v) is 14.9. The summed E-state index contributed by atoms with van der Waals surface area (Å²) in [6, 6.07) is 0. The van der Waals surface area contributed by atoms with E-state index in [0.717, 1.165) is 25.7 Å². The summed E-state index contributed by atoms with van der Waals surface area (Å²) in [5.41, 5.74) is -0.388. The van der Waals surface area contributed by atoms with Gasteiger partial charge in [0.1, 0.15) is 36.6 Å². The lowest BCUT2D eigenvalue weighted by molar-refractivity contribution is -0.311. The van der Waals surface area contributed by atoms with Crippen LogP contribution in [-0.2, 0) is 23.7 Å². The van der Waals surface area contributed by atoms with Crippen LogP contribution in [0.1, 0.15) is 86.0 Å². The SMILES string of the molecule is CO[C@H]1[C@H](O[C@H]2[C@H](O[C@@H](CC[C@@H](C)[C@@H]3C[C@@H](O)[C@@H]4[C@@H]5C[C@H](O)[C@@H]6[C@@H](O)[C@@H](O)CC[C@]6(C)[C@H]5CC[C@@]43C)C(C)C)O[C@H](CO)[C@H]2O)OC[C@@H](O)[C@@H]1O. The fourth-order valence-corrected chi connectivity index (χ4v) is 12.1. The van der Waals surface area contributed by atoms with Crippen LogP contribution in [-0.4, -0.2) is 141 Å². The van der Waals surface area contributed by atoms with Crippen molar-refractivity contribution in [2.75, 3.05) is 20.3 Å². The van der Waals surface area contributed by atoms with Crippen molar-refractivity contribution in [2.24, 2.45) is 52.3 Å². The molecule has 4 aliphatic carbocycles. The van der Waals surface area contributed by atoms with Gasteiger partial charge in [0.15, 0.2) is 12.6 Å². The van der Waals surface area contributed by atoms with Crippen molar-refractivity contribution in [3.05, 3.63) is 0 Å². The van der Waals surface area contributed by atoms with Gasteiger partial charge in [0.2, 0.25) is 0 Å². The minimum atomic E-state index is -1.26. The molecule has 296 valence electrons. The molecule has 0 amide bonds. The van der Waals surface area contributed by atoms with Crippen molar-refractivity contribution in [1.29, 1.82) is 0 Å². The molecule has 2 aliphatic heterocycles. The number of aliphatic hydroxyl groups is 8. The summed E-state index contributed by atoms with van der Waals surface area (Å²) in [4.78, 5) is 0. The van der Waals surface area contributed by atoms with E-state index < -0.39 is 80.2 Å². The second kappa shape index (κ2) is 15.5. The molecule has 0 aromatic rings. The number of aliphatic hydroxyl groups excluding tert-OH is 8. The normalized spacial score (nSPS) is 52.6. The van der Waals surface area contributed by atoms with Crippen LogP contribution in [0.25, 0.3) is 0 Å². The summed E-state index contributed by atoms with van der Waals surface area (Å²) >= 11 is 0. The zero-order chi connectivity index (χ0) is 37.2. The molecule has 0 aromatic heterocycles. The average Bonchev–Trinajstić information content (AvgIpc) is 3.53. The van der Waals surface area contributed by atoms with Gasteiger partial charge in [-0.15, -0.1) is 0 Å². The molecule has 13 nitrogen and oxygen atoms in total. The first-order chi connectivity index (χ1) is 24.1. The Morgan fingerprint density at radius 1 is 0.745 bits per heavy atom. The number of methoxy groups -OCH3 is 1. The molecule has 6 fully saturated rings. The van der Waals surface area contributed by atoms with Crippen LogP contribution in [0.3, 0.4) is 0 Å². The predicted molar refractivity (Wildman–Crippen MR) is 183 cm³/mol. The number of hydrogen-bond donors (Lipinski definition) is 8. The van der Waals surface area contributed by atoms with E-state index in [-0.39, 0.29) is 65.0 Å². The zero-order valence-electron chi connectivity index (χ0n) is 31.2. The van der Waals surface area contributed by atoms with Gasteiger partial charge in [0.05, 0.1) is 43.7 Å². The fraction of sp³-hybridized carbons (Fsp3) is 1.00. The molecule has 0 aromatic carbocycles. The van der Waals surface area contributed by atoms with E-state index >= 15 is 0 Å². The zero-order valence-corrected chi connectivity index (χ0v) is 31.2. The van der Waals surface area contributed by atoms with Crippen molar-refractivity contribution in [1.82, 2.24) is 0 Å². The lowest BCUT2D eigenvalue weighted by atomic mass is 9.43. The third kappa shape index (κ3) is 7.08. The number of rotatable bonds is 11. The first-order valence-corrected chi connectivity index (χ1v) is 19.5. The summed E-state index contributed by atoms with van der Waals surface area (Å²) < 4.78 is 29.6. The van der Waals surface area contributed by atoms with Gasteiger partial charge in [-0.1, -0.05) is 34.6 Å². The lowest BCUT2D eigenvalue weighted by Gasteiger charge is -2.63. The average molecular weight is 731 g/mol. The van der Waals surface area contributed by atoms with Crippen LogP contribution < -0.4 is 0 Å². The van der Waals surface area contributed by atoms with Gasteiger partial charge in [-0.05, 0) is 97.7 Å². The van der Waals surface area contributed by atoms with E-state index in [1.165, 1.54) is 7.11 Å². The molecule has 0 radical (unpaired) electrons. The lowest BCUT2D eigenvalue weighted by Crippen LogP contribution is -2.63. The van der Waals surface area contributed by atoms with Crippen molar-refractivity contribution in [3.63, 3.8) is 0 Å². The van der Waals surface area contributed by atoms with Gasteiger partial charge in [-0.3, -0.25) is 0 Å². The maximum atomic E-state index is 11.7. The largest absolute Gasteiger partial charge is 0.394 e. The monoisotopic (exact) mass is 730 g/mol. The number of hydrogen-bond acceptors (Lipinski definition) is 13. The Balaban J connectivity index is 1.12. The predicted octanol–water partition coefficient (Wildman–Crippen LogP) is 0.933. The molecule has 4 saturated carbocycles. The molecule has 21 atom stereocenters. The minimum Gasteiger partial charge on any atom is -0.394 e. The molecule has 0 bridgehead atoms. The van der Waals surface area contributed by atoms with E-state index in [1.54, 1.807) is 0 Å². The van der Waals surface area contributed by atoms with Crippen molar-refractivity contribution < 1.29 is 64.5 Å². The standard InChI is InChI=1S/C38H66O13/c1-17(2)26(49-36-34(32(46)27(15-39)50-36)51-35-33(47-6)31(45)25(43)16-48-35)8-7-18(3)21-14-24(42)28-19-13-23(41)29-30(44)22(40)10-12-37(29,4)20(19)9-11-38(21,28)5/h17-36,39-46H,7-16H2,1-6H3/t18-,19-,20+,21+,22+,23+,24-,25-,26+,27-,28+,29-,30+,31+,32-,33-,34-,35+,36-,37-,38-/m1/s1. The molecule has 2 saturated heterocycles. The molecule has 6 aliphatic rings. The van der Waals surface area contributed by atoms with E-state index in [4.69, 9.17) is 23.7 Å². The number of fused-ring (bicyclic) bond motifs is 5. The second-order valence-corrected chi connectivity index (χ2v) is 17.9. The maximum absolute atomic E-state index is 11.7. The summed E-state index contributed by atoms with van der Waals surface area (Å²) in [5.74, 6) is 0.735. The highest BCUT2D eigenvalue weighted by Crippen LogP contribution is 2.68. The molecular weight excluding hydrogens is 664 g/mol. The first-order valence-electron chi connectivity index (χ1n) is 19.5. The van der Waals surface area contributed by atoms with Gasteiger partial charge in [-0.2, -0.15) is 0 Å². The van der Waals surface area contributed by atoms with Crippen LogP contribution >= 0.6 is 0 Å². The molecule has 13 heteroatoms. The van der Waals surface area contributed by atoms with Gasteiger partial charge in [0.25, 0.3) is 0 Å². The Kier molecular flexibility index (Phi) is 12.2. The Morgan fingerprint density at radius 3 is 2.10 bits per heavy atom. The van der Waals surface area contributed by atoms with Crippen molar-refractivity contribution in [3.8, 4) is 0 Å². The van der Waals surface area contributed by atoms with Crippen LogP contribution in [0.5, 0.6) is 0 Å². The quantitative estimate of drug-likeness (QED) is 0.149. The highest BCUT2D eigenvalue weighted by molar-refractivity contribution is 5.14. The number of ether oxygens (including phenoxy) is 5. The molecule has 0 spiro atoms. The van der Waals surface area contributed by atoms with Crippen LogP contribution in [0, 0.1) is 52.3 Å². The summed E-state index contributed by atoms with van der Waals surface area (Å²) in [6.07, 6.45) is -5.99. The van der Waals surface area contributed by atoms with Crippen molar-refractivity contribution in [2.45, 2.75) is 166 Å². The van der Waals surface area contributed by atoms with Gasteiger partial charge < -0.3 is 64.5 Å². The van der Waals surface area contributed by atoms with E-state index in [1.807, 2.05) is 0 Å². The molecule has 8 N–H and O–H groups in total. The first kappa shape index (κ1) is 40.2. The maximum Gasteiger partial charge on any atom is 0.187 e. The molecule has 51 heavy (non-hydrogen) atoms. The second-order valence-electron chi connectivity index (χ2n) is 17.9. The van der Waals surface area contributed by atoms with E-state index in [0.29, 0.717) is 25.7 Å². The van der Waals surface area contributed by atoms with Crippen molar-refractivity contribution >= 4 is 0 Å². The molecular formula is C38H66O13. The summed E-state index contributed by atoms with van der Waals surface area (Å²) in [6.45, 7) is 10.3. The Morgan fingerprint density at radius 2 is 1.43 bits per heavy atom. The molecule has 2 heterocycles. The highest BCUT2D eigenvalue weighted by Gasteiger charge is 2.66. The van der Waals surface area contributed by atoms with E-state index in [9.17, 15) is 40.9 Å². The van der Waals surface area contributed by atoms with Gasteiger partial charge >= 0.3 is 0 Å². The summed E-state index contributed by atoms with van der Waals surface area (Å²) in [5, 5.41) is 86.1. The minimum absolute atomic E-state index is 0.0523. The highest BCUT2D eigenvalue weighted by atomic mass is 16.8. The summed E-state index contributed by atoms with van der Waals surface area (Å²) in [7, 11) is 1.37. The third-order valence-electron chi connectivity index (χ3n) is 14.9.